The van der Waals surface area contributed by atoms with Crippen molar-refractivity contribution in [2.45, 2.75) is 32.2 Å². The molecule has 1 fully saturated rings. The summed E-state index contributed by atoms with van der Waals surface area (Å²) in [5, 5.41) is 3.08. The Labute approximate surface area is 171 Å². The minimum atomic E-state index is -0.0506. The van der Waals surface area contributed by atoms with Crippen LogP contribution in [0.1, 0.15) is 25.3 Å². The van der Waals surface area contributed by atoms with Gasteiger partial charge in [-0.05, 0) is 37.5 Å². The SMILES string of the molecule is CCOc1ccccc1OCC(=O)N1CCC(NC(=O)Cc2ccccc2)CC1. The molecule has 0 radical (unpaired) electrons. The number of nitrogens with one attached hydrogen (secondary N) is 1. The van der Waals surface area contributed by atoms with Gasteiger partial charge in [0.1, 0.15) is 0 Å². The van der Waals surface area contributed by atoms with E-state index in [4.69, 9.17) is 9.47 Å². The lowest BCUT2D eigenvalue weighted by Crippen LogP contribution is -2.48. The lowest BCUT2D eigenvalue weighted by Gasteiger charge is -2.32. The monoisotopic (exact) mass is 396 g/mol. The van der Waals surface area contributed by atoms with Gasteiger partial charge >= 0.3 is 0 Å². The molecule has 0 spiro atoms. The molecule has 1 N–H and O–H groups in total. The highest BCUT2D eigenvalue weighted by Gasteiger charge is 2.24. The standard InChI is InChI=1S/C23H28N2O4/c1-2-28-20-10-6-7-11-21(20)29-17-23(27)25-14-12-19(13-15-25)24-22(26)16-18-8-4-3-5-9-18/h3-11,19H,2,12-17H2,1H3,(H,24,26). The average Bonchev–Trinajstić information content (AvgIpc) is 2.74. The Kier molecular flexibility index (Phi) is 7.50. The summed E-state index contributed by atoms with van der Waals surface area (Å²) in [5.74, 6) is 1.19. The molecule has 2 aromatic carbocycles. The lowest BCUT2D eigenvalue weighted by molar-refractivity contribution is -0.134. The third kappa shape index (κ3) is 6.24. The highest BCUT2D eigenvalue weighted by atomic mass is 16.5. The number of ether oxygens (including phenoxy) is 2. The van der Waals surface area contributed by atoms with Crippen LogP contribution in [0.2, 0.25) is 0 Å². The summed E-state index contributed by atoms with van der Waals surface area (Å²) in [7, 11) is 0. The third-order valence-electron chi connectivity index (χ3n) is 4.92. The molecule has 2 amide bonds. The lowest BCUT2D eigenvalue weighted by atomic mass is 10.0. The fraction of sp³-hybridized carbons (Fsp3) is 0.391. The zero-order valence-electron chi connectivity index (χ0n) is 16.8. The second kappa shape index (κ2) is 10.5. The van der Waals surface area contributed by atoms with Gasteiger partial charge in [0.05, 0.1) is 13.0 Å². The van der Waals surface area contributed by atoms with Crippen LogP contribution in [-0.4, -0.2) is 49.1 Å². The maximum atomic E-state index is 12.5. The van der Waals surface area contributed by atoms with Crippen molar-refractivity contribution in [3.8, 4) is 11.5 Å². The highest BCUT2D eigenvalue weighted by Crippen LogP contribution is 2.26. The third-order valence-corrected chi connectivity index (χ3v) is 4.92. The summed E-state index contributed by atoms with van der Waals surface area (Å²) in [6, 6.07) is 17.2. The smallest absolute Gasteiger partial charge is 0.260 e. The van der Waals surface area contributed by atoms with E-state index in [-0.39, 0.29) is 24.5 Å². The van der Waals surface area contributed by atoms with Crippen molar-refractivity contribution in [3.63, 3.8) is 0 Å². The molecule has 0 aromatic heterocycles. The molecule has 1 aliphatic heterocycles. The van der Waals surface area contributed by atoms with Crippen LogP contribution >= 0.6 is 0 Å². The summed E-state index contributed by atoms with van der Waals surface area (Å²) < 4.78 is 11.2. The van der Waals surface area contributed by atoms with E-state index < -0.39 is 0 Å². The van der Waals surface area contributed by atoms with Crippen LogP contribution in [0.5, 0.6) is 11.5 Å². The first kappa shape index (κ1) is 20.7. The molecule has 1 heterocycles. The number of rotatable bonds is 8. The number of benzene rings is 2. The van der Waals surface area contributed by atoms with Crippen LogP contribution in [0.15, 0.2) is 54.6 Å². The highest BCUT2D eigenvalue weighted by molar-refractivity contribution is 5.79. The van der Waals surface area contributed by atoms with Gasteiger partial charge in [0.2, 0.25) is 5.91 Å². The van der Waals surface area contributed by atoms with Gasteiger partial charge in [-0.2, -0.15) is 0 Å². The van der Waals surface area contributed by atoms with E-state index in [0.717, 1.165) is 18.4 Å². The van der Waals surface area contributed by atoms with Crippen molar-refractivity contribution in [2.75, 3.05) is 26.3 Å². The zero-order valence-corrected chi connectivity index (χ0v) is 16.8. The van der Waals surface area contributed by atoms with Gasteiger partial charge in [0, 0.05) is 19.1 Å². The van der Waals surface area contributed by atoms with Crippen molar-refractivity contribution in [2.24, 2.45) is 0 Å². The van der Waals surface area contributed by atoms with Crippen molar-refractivity contribution < 1.29 is 19.1 Å². The van der Waals surface area contributed by atoms with Crippen molar-refractivity contribution >= 4 is 11.8 Å². The van der Waals surface area contributed by atoms with E-state index >= 15 is 0 Å². The zero-order chi connectivity index (χ0) is 20.5. The Morgan fingerprint density at radius 2 is 1.59 bits per heavy atom. The molecule has 0 unspecified atom stereocenters. The Balaban J connectivity index is 1.41. The number of amides is 2. The fourth-order valence-corrected chi connectivity index (χ4v) is 3.41. The van der Waals surface area contributed by atoms with Crippen molar-refractivity contribution in [3.05, 3.63) is 60.2 Å². The second-order valence-electron chi connectivity index (χ2n) is 7.05. The topological polar surface area (TPSA) is 67.9 Å². The average molecular weight is 396 g/mol. The quantitative estimate of drug-likeness (QED) is 0.745. The van der Waals surface area contributed by atoms with E-state index in [0.29, 0.717) is 37.6 Å². The number of carbonyl (C=O) groups is 2. The fourth-order valence-electron chi connectivity index (χ4n) is 3.41. The maximum absolute atomic E-state index is 12.5. The molecule has 29 heavy (non-hydrogen) atoms. The molecule has 154 valence electrons. The Morgan fingerprint density at radius 3 is 2.24 bits per heavy atom. The number of hydrogen-bond donors (Lipinski definition) is 1. The molecule has 1 aliphatic rings. The molecule has 2 aromatic rings. The molecular weight excluding hydrogens is 368 g/mol. The Morgan fingerprint density at radius 1 is 0.966 bits per heavy atom. The van der Waals surface area contributed by atoms with Gasteiger partial charge in [0.25, 0.3) is 5.91 Å². The van der Waals surface area contributed by atoms with Gasteiger partial charge in [-0.15, -0.1) is 0 Å². The van der Waals surface area contributed by atoms with Crippen LogP contribution in [0.4, 0.5) is 0 Å². The molecule has 1 saturated heterocycles. The first-order valence-corrected chi connectivity index (χ1v) is 10.1. The first-order chi connectivity index (χ1) is 14.2. The van der Waals surface area contributed by atoms with Crippen LogP contribution in [0.3, 0.4) is 0 Å². The number of carbonyl (C=O) groups excluding carboxylic acids is 2. The molecule has 6 heteroatoms. The van der Waals surface area contributed by atoms with Gasteiger partial charge < -0.3 is 19.7 Å². The van der Waals surface area contributed by atoms with Crippen LogP contribution in [-0.2, 0) is 16.0 Å². The largest absolute Gasteiger partial charge is 0.490 e. The minimum Gasteiger partial charge on any atom is -0.490 e. The second-order valence-corrected chi connectivity index (χ2v) is 7.05. The number of likely N-dealkylation sites (tertiary alicyclic amines) is 1. The molecule has 0 saturated carbocycles. The van der Waals surface area contributed by atoms with Crippen LogP contribution in [0.25, 0.3) is 0 Å². The molecule has 0 aliphatic carbocycles. The Hall–Kier alpha value is -3.02. The van der Waals surface area contributed by atoms with Crippen LogP contribution in [0, 0.1) is 0 Å². The first-order valence-electron chi connectivity index (χ1n) is 10.1. The van der Waals surface area contributed by atoms with Gasteiger partial charge in [-0.25, -0.2) is 0 Å². The van der Waals surface area contributed by atoms with E-state index in [2.05, 4.69) is 5.32 Å². The predicted octanol–water partition coefficient (Wildman–Crippen LogP) is 2.81. The summed E-state index contributed by atoms with van der Waals surface area (Å²) in [6.07, 6.45) is 1.89. The van der Waals surface area contributed by atoms with Gasteiger partial charge in [0.15, 0.2) is 18.1 Å². The Bertz CT molecular complexity index is 802. The van der Waals surface area contributed by atoms with Gasteiger partial charge in [-0.1, -0.05) is 42.5 Å². The summed E-state index contributed by atoms with van der Waals surface area (Å²) in [4.78, 5) is 26.5. The molecule has 6 nitrogen and oxygen atoms in total. The van der Waals surface area contributed by atoms with E-state index in [1.807, 2.05) is 55.5 Å². The van der Waals surface area contributed by atoms with Gasteiger partial charge in [-0.3, -0.25) is 9.59 Å². The van der Waals surface area contributed by atoms with Crippen LogP contribution < -0.4 is 14.8 Å². The van der Waals surface area contributed by atoms with E-state index in [1.165, 1.54) is 0 Å². The van der Waals surface area contributed by atoms with E-state index in [1.54, 1.807) is 11.0 Å². The van der Waals surface area contributed by atoms with Crippen molar-refractivity contribution in [1.29, 1.82) is 0 Å². The molecular formula is C23H28N2O4. The predicted molar refractivity (Wildman–Crippen MR) is 111 cm³/mol. The summed E-state index contributed by atoms with van der Waals surface area (Å²) in [5.41, 5.74) is 1.00. The van der Waals surface area contributed by atoms with Crippen molar-refractivity contribution in [1.82, 2.24) is 10.2 Å². The normalized spacial score (nSPS) is 14.3. The number of piperidine rings is 1. The number of para-hydroxylation sites is 2. The van der Waals surface area contributed by atoms with E-state index in [9.17, 15) is 9.59 Å². The summed E-state index contributed by atoms with van der Waals surface area (Å²) in [6.45, 7) is 3.66. The molecule has 0 atom stereocenters. The number of nitrogens with zero attached hydrogens (tertiary/aromatic N) is 1. The summed E-state index contributed by atoms with van der Waals surface area (Å²) >= 11 is 0. The maximum Gasteiger partial charge on any atom is 0.260 e. The molecule has 0 bridgehead atoms. The number of hydrogen-bond acceptors (Lipinski definition) is 4. The minimum absolute atomic E-state index is 0.0187. The molecule has 3 rings (SSSR count).